The average Bonchev–Trinajstić information content (AvgIpc) is 2.85. The minimum Gasteiger partial charge on any atom is -0.487 e. The smallest absolute Gasteiger partial charge is 0.130 e. The number of benzene rings is 1. The monoisotopic (exact) mass is 274 g/mol. The van der Waals surface area contributed by atoms with Crippen molar-refractivity contribution in [2.24, 2.45) is 0 Å². The van der Waals surface area contributed by atoms with Crippen LogP contribution in [0.1, 0.15) is 43.2 Å². The Balaban J connectivity index is 2.05. The number of aromatic nitrogens is 2. The molecule has 0 fully saturated rings. The van der Waals surface area contributed by atoms with Crippen LogP contribution >= 0.6 is 0 Å². The molecule has 1 heterocycles. The lowest BCUT2D eigenvalue weighted by Crippen LogP contribution is -2.05. The van der Waals surface area contributed by atoms with Crippen molar-refractivity contribution in [2.75, 3.05) is 0 Å². The quantitative estimate of drug-likeness (QED) is 0.879. The molecule has 0 saturated heterocycles. The van der Waals surface area contributed by atoms with Crippen molar-refractivity contribution in [1.82, 2.24) is 9.55 Å². The Morgan fingerprint density at radius 3 is 2.85 bits per heavy atom. The third-order valence-electron chi connectivity index (χ3n) is 3.32. The summed E-state index contributed by atoms with van der Waals surface area (Å²) >= 11 is 0. The van der Waals surface area contributed by atoms with Crippen LogP contribution in [0, 0.1) is 6.92 Å². The molecule has 0 radical (unpaired) electrons. The normalized spacial score (nSPS) is 12.4. The third-order valence-corrected chi connectivity index (χ3v) is 3.32. The molecule has 0 spiro atoms. The Morgan fingerprint density at radius 2 is 2.20 bits per heavy atom. The van der Waals surface area contributed by atoms with Crippen LogP contribution in [0.5, 0.6) is 5.75 Å². The van der Waals surface area contributed by atoms with Crippen LogP contribution in [0.15, 0.2) is 30.7 Å². The van der Waals surface area contributed by atoms with Gasteiger partial charge in [-0.15, -0.1) is 0 Å². The first-order chi connectivity index (χ1) is 9.61. The number of hydrogen-bond donors (Lipinski definition) is 1. The molecule has 1 N–H and O–H groups in total. The fourth-order valence-electron chi connectivity index (χ4n) is 2.16. The van der Waals surface area contributed by atoms with Crippen molar-refractivity contribution in [3.05, 3.63) is 47.5 Å². The van der Waals surface area contributed by atoms with Gasteiger partial charge in [0.2, 0.25) is 0 Å². The number of rotatable bonds is 6. The summed E-state index contributed by atoms with van der Waals surface area (Å²) in [4.78, 5) is 4.16. The zero-order chi connectivity index (χ0) is 14.5. The Labute approximate surface area is 120 Å². The van der Waals surface area contributed by atoms with Crippen LogP contribution < -0.4 is 4.74 Å². The molecule has 0 aliphatic carbocycles. The summed E-state index contributed by atoms with van der Waals surface area (Å²) in [6.07, 6.45) is 4.31. The van der Waals surface area contributed by atoms with Crippen molar-refractivity contribution in [2.45, 2.75) is 46.4 Å². The maximum Gasteiger partial charge on any atom is 0.130 e. The molecule has 108 valence electrons. The number of aryl methyl sites for hydroxylation is 2. The molecular formula is C16H22N2O2. The molecule has 2 aromatic rings. The molecule has 0 aliphatic heterocycles. The molecule has 1 aromatic heterocycles. The zero-order valence-corrected chi connectivity index (χ0v) is 12.3. The van der Waals surface area contributed by atoms with Gasteiger partial charge in [0.1, 0.15) is 12.4 Å². The summed E-state index contributed by atoms with van der Waals surface area (Å²) in [5, 5.41) is 9.56. The summed E-state index contributed by atoms with van der Waals surface area (Å²) < 4.78 is 7.97. The van der Waals surface area contributed by atoms with Crippen LogP contribution in [0.3, 0.4) is 0 Å². The maximum atomic E-state index is 9.56. The van der Waals surface area contributed by atoms with Crippen LogP contribution in [-0.4, -0.2) is 14.7 Å². The Hall–Kier alpha value is -1.81. The van der Waals surface area contributed by atoms with E-state index >= 15 is 0 Å². The van der Waals surface area contributed by atoms with Gasteiger partial charge in [-0.1, -0.05) is 13.0 Å². The molecule has 20 heavy (non-hydrogen) atoms. The standard InChI is InChI=1S/C16H22N2O2/c1-4-7-18-11-17-9-15(18)10-20-16-6-5-14(13(3)19)8-12(16)2/h5-6,8-9,11,13,19H,4,7,10H2,1-3H3/t13-/m1/s1. The van der Waals surface area contributed by atoms with Gasteiger partial charge in [0.15, 0.2) is 0 Å². The van der Waals surface area contributed by atoms with E-state index in [0.717, 1.165) is 35.5 Å². The third kappa shape index (κ3) is 3.39. The molecule has 0 amide bonds. The maximum absolute atomic E-state index is 9.56. The fraction of sp³-hybridized carbons (Fsp3) is 0.438. The van der Waals surface area contributed by atoms with E-state index in [1.54, 1.807) is 6.92 Å². The summed E-state index contributed by atoms with van der Waals surface area (Å²) in [5.41, 5.74) is 3.02. The van der Waals surface area contributed by atoms with Gasteiger partial charge in [0, 0.05) is 6.54 Å². The van der Waals surface area contributed by atoms with Crippen molar-refractivity contribution in [3.63, 3.8) is 0 Å². The first kappa shape index (κ1) is 14.6. The minimum atomic E-state index is -0.450. The second-order valence-corrected chi connectivity index (χ2v) is 5.07. The highest BCUT2D eigenvalue weighted by molar-refractivity contribution is 5.37. The largest absolute Gasteiger partial charge is 0.487 e. The number of nitrogens with zero attached hydrogens (tertiary/aromatic N) is 2. The van der Waals surface area contributed by atoms with Gasteiger partial charge < -0.3 is 14.4 Å². The molecule has 0 saturated carbocycles. The molecule has 4 heteroatoms. The number of hydrogen-bond acceptors (Lipinski definition) is 3. The minimum absolute atomic E-state index is 0.450. The van der Waals surface area contributed by atoms with Gasteiger partial charge in [0.25, 0.3) is 0 Å². The van der Waals surface area contributed by atoms with Gasteiger partial charge in [-0.05, 0) is 43.5 Å². The zero-order valence-electron chi connectivity index (χ0n) is 12.3. The Morgan fingerprint density at radius 1 is 1.40 bits per heavy atom. The van der Waals surface area contributed by atoms with E-state index in [2.05, 4.69) is 16.5 Å². The molecule has 1 aromatic carbocycles. The lowest BCUT2D eigenvalue weighted by molar-refractivity contribution is 0.199. The molecular weight excluding hydrogens is 252 g/mol. The number of ether oxygens (including phenoxy) is 1. The number of imidazole rings is 1. The van der Waals surface area contributed by atoms with Crippen LogP contribution in [0.2, 0.25) is 0 Å². The topological polar surface area (TPSA) is 47.3 Å². The summed E-state index contributed by atoms with van der Waals surface area (Å²) in [7, 11) is 0. The highest BCUT2D eigenvalue weighted by Gasteiger charge is 2.07. The summed E-state index contributed by atoms with van der Waals surface area (Å²) in [6, 6.07) is 5.78. The lowest BCUT2D eigenvalue weighted by atomic mass is 10.1. The fourth-order valence-corrected chi connectivity index (χ4v) is 2.16. The molecule has 4 nitrogen and oxygen atoms in total. The van der Waals surface area contributed by atoms with Crippen LogP contribution in [-0.2, 0) is 13.2 Å². The Kier molecular flexibility index (Phi) is 4.79. The van der Waals surface area contributed by atoms with Crippen molar-refractivity contribution in [3.8, 4) is 5.75 Å². The van der Waals surface area contributed by atoms with Crippen LogP contribution in [0.25, 0.3) is 0 Å². The van der Waals surface area contributed by atoms with E-state index in [4.69, 9.17) is 4.74 Å². The number of aliphatic hydroxyl groups is 1. The highest BCUT2D eigenvalue weighted by atomic mass is 16.5. The van der Waals surface area contributed by atoms with E-state index in [-0.39, 0.29) is 0 Å². The van der Waals surface area contributed by atoms with E-state index in [0.29, 0.717) is 6.61 Å². The SMILES string of the molecule is CCCn1cncc1COc1ccc([C@@H](C)O)cc1C. The number of aliphatic hydroxyl groups excluding tert-OH is 1. The van der Waals surface area contributed by atoms with E-state index in [1.807, 2.05) is 37.6 Å². The lowest BCUT2D eigenvalue weighted by Gasteiger charge is -2.13. The van der Waals surface area contributed by atoms with E-state index in [1.165, 1.54) is 0 Å². The molecule has 0 aliphatic rings. The average molecular weight is 274 g/mol. The van der Waals surface area contributed by atoms with E-state index in [9.17, 15) is 5.11 Å². The predicted octanol–water partition coefficient (Wildman–Crippen LogP) is 3.23. The molecule has 0 unspecified atom stereocenters. The van der Waals surface area contributed by atoms with Crippen molar-refractivity contribution >= 4 is 0 Å². The van der Waals surface area contributed by atoms with Gasteiger partial charge in [-0.25, -0.2) is 4.98 Å². The molecule has 2 rings (SSSR count). The second-order valence-electron chi connectivity index (χ2n) is 5.07. The summed E-state index contributed by atoms with van der Waals surface area (Å²) in [6.45, 7) is 7.36. The van der Waals surface area contributed by atoms with Gasteiger partial charge in [-0.3, -0.25) is 0 Å². The molecule has 1 atom stereocenters. The Bertz CT molecular complexity index is 561. The predicted molar refractivity (Wildman–Crippen MR) is 78.7 cm³/mol. The van der Waals surface area contributed by atoms with Gasteiger partial charge in [-0.2, -0.15) is 0 Å². The van der Waals surface area contributed by atoms with Crippen molar-refractivity contribution < 1.29 is 9.84 Å². The van der Waals surface area contributed by atoms with Crippen LogP contribution in [0.4, 0.5) is 0 Å². The first-order valence-electron chi connectivity index (χ1n) is 7.02. The summed E-state index contributed by atoms with van der Waals surface area (Å²) in [5.74, 6) is 0.846. The van der Waals surface area contributed by atoms with Crippen molar-refractivity contribution in [1.29, 1.82) is 0 Å². The molecule has 0 bridgehead atoms. The van der Waals surface area contributed by atoms with Gasteiger partial charge >= 0.3 is 0 Å². The van der Waals surface area contributed by atoms with E-state index < -0.39 is 6.10 Å². The second kappa shape index (κ2) is 6.57. The first-order valence-corrected chi connectivity index (χ1v) is 7.02. The van der Waals surface area contributed by atoms with Gasteiger partial charge in [0.05, 0.1) is 24.3 Å². The highest BCUT2D eigenvalue weighted by Crippen LogP contribution is 2.23.